The van der Waals surface area contributed by atoms with Gasteiger partial charge in [0.25, 0.3) is 0 Å². The van der Waals surface area contributed by atoms with E-state index in [1.807, 2.05) is 30.3 Å². The van der Waals surface area contributed by atoms with Gasteiger partial charge in [0.15, 0.2) is 0 Å². The molecule has 0 aliphatic rings. The molecule has 1 aromatic rings. The molecule has 0 aromatic heterocycles. The number of hydrogen-bond acceptors (Lipinski definition) is 4. The Labute approximate surface area is 102 Å². The molecule has 4 nitrogen and oxygen atoms in total. The van der Waals surface area contributed by atoms with Crippen molar-refractivity contribution in [1.29, 1.82) is 0 Å². The van der Waals surface area contributed by atoms with Gasteiger partial charge in [0.2, 0.25) is 0 Å². The Bertz CT molecular complexity index is 336. The summed E-state index contributed by atoms with van der Waals surface area (Å²) in [6.07, 6.45) is 0. The van der Waals surface area contributed by atoms with Gasteiger partial charge in [-0.1, -0.05) is 30.3 Å². The van der Waals surface area contributed by atoms with Gasteiger partial charge in [0.05, 0.1) is 17.8 Å². The van der Waals surface area contributed by atoms with Crippen LogP contribution in [0.4, 0.5) is 0 Å². The summed E-state index contributed by atoms with van der Waals surface area (Å²) in [5.74, 6) is 0. The van der Waals surface area contributed by atoms with Crippen LogP contribution in [0.2, 0.25) is 0 Å². The molecule has 0 spiro atoms. The van der Waals surface area contributed by atoms with E-state index in [9.17, 15) is 10.2 Å². The van der Waals surface area contributed by atoms with Crippen molar-refractivity contribution >= 4 is 0 Å². The number of hydrogen-bond donors (Lipinski definition) is 4. The fourth-order valence-electron chi connectivity index (χ4n) is 1.53. The van der Waals surface area contributed by atoms with Gasteiger partial charge < -0.3 is 20.6 Å². The summed E-state index contributed by atoms with van der Waals surface area (Å²) in [5, 5.41) is 31.7. The Morgan fingerprint density at radius 1 is 1.06 bits per heavy atom. The number of aliphatic hydroxyl groups excluding tert-OH is 1. The van der Waals surface area contributed by atoms with Crippen molar-refractivity contribution in [3.05, 3.63) is 35.9 Å². The lowest BCUT2D eigenvalue weighted by Crippen LogP contribution is -2.45. The van der Waals surface area contributed by atoms with Crippen LogP contribution in [0.5, 0.6) is 0 Å². The van der Waals surface area contributed by atoms with Crippen LogP contribution in [-0.2, 0) is 5.60 Å². The molecule has 4 N–H and O–H groups in total. The lowest BCUT2D eigenvalue weighted by Gasteiger charge is -2.27. The minimum atomic E-state index is -1.16. The average Bonchev–Trinajstić information content (AvgIpc) is 2.30. The van der Waals surface area contributed by atoms with Gasteiger partial charge in [0, 0.05) is 13.1 Å². The van der Waals surface area contributed by atoms with Gasteiger partial charge >= 0.3 is 0 Å². The summed E-state index contributed by atoms with van der Waals surface area (Å²) in [4.78, 5) is 0. The standard InChI is InChI=1S/C13H21NO3/c1-12(16,10-15)8-14-9-13(2,17)11-6-4-3-5-7-11/h3-7,14-17H,8-10H2,1-2H3. The molecule has 0 fully saturated rings. The minimum absolute atomic E-state index is 0.229. The maximum atomic E-state index is 10.2. The first kappa shape index (κ1) is 14.1. The smallest absolute Gasteiger partial charge is 0.0992 e. The molecule has 0 amide bonds. The van der Waals surface area contributed by atoms with E-state index in [2.05, 4.69) is 5.32 Å². The summed E-state index contributed by atoms with van der Waals surface area (Å²) in [7, 11) is 0. The molecule has 2 unspecified atom stereocenters. The molecule has 0 saturated carbocycles. The summed E-state index contributed by atoms with van der Waals surface area (Å²) in [6.45, 7) is 3.48. The molecule has 96 valence electrons. The van der Waals surface area contributed by atoms with E-state index in [0.717, 1.165) is 5.56 Å². The highest BCUT2D eigenvalue weighted by molar-refractivity contribution is 5.21. The SMILES string of the molecule is CC(O)(CO)CNCC(C)(O)c1ccccc1. The second-order valence-corrected chi connectivity index (χ2v) is 4.90. The van der Waals surface area contributed by atoms with Gasteiger partial charge in [-0.2, -0.15) is 0 Å². The van der Waals surface area contributed by atoms with E-state index < -0.39 is 11.2 Å². The summed E-state index contributed by atoms with van der Waals surface area (Å²) < 4.78 is 0. The first-order chi connectivity index (χ1) is 7.87. The van der Waals surface area contributed by atoms with Crippen molar-refractivity contribution < 1.29 is 15.3 Å². The van der Waals surface area contributed by atoms with Crippen molar-refractivity contribution in [2.24, 2.45) is 0 Å². The fraction of sp³-hybridized carbons (Fsp3) is 0.538. The predicted molar refractivity (Wildman–Crippen MR) is 66.6 cm³/mol. The molecule has 4 heteroatoms. The average molecular weight is 239 g/mol. The molecular formula is C13H21NO3. The highest BCUT2D eigenvalue weighted by atomic mass is 16.3. The maximum absolute atomic E-state index is 10.2. The number of benzene rings is 1. The Morgan fingerprint density at radius 3 is 2.18 bits per heavy atom. The van der Waals surface area contributed by atoms with Crippen LogP contribution in [0.3, 0.4) is 0 Å². The van der Waals surface area contributed by atoms with Crippen LogP contribution in [0.1, 0.15) is 19.4 Å². The molecule has 0 aliphatic carbocycles. The second-order valence-electron chi connectivity index (χ2n) is 4.90. The van der Waals surface area contributed by atoms with Crippen molar-refractivity contribution in [2.45, 2.75) is 25.0 Å². The van der Waals surface area contributed by atoms with Gasteiger partial charge in [-0.3, -0.25) is 0 Å². The Kier molecular flexibility index (Phi) is 4.65. The predicted octanol–water partition coefficient (Wildman–Crippen LogP) is 0.227. The highest BCUT2D eigenvalue weighted by Crippen LogP contribution is 2.19. The molecular weight excluding hydrogens is 218 g/mol. The third kappa shape index (κ3) is 4.44. The molecule has 0 bridgehead atoms. The molecule has 2 atom stereocenters. The Morgan fingerprint density at radius 2 is 1.65 bits per heavy atom. The first-order valence-electron chi connectivity index (χ1n) is 5.69. The maximum Gasteiger partial charge on any atom is 0.0992 e. The zero-order chi connectivity index (χ0) is 12.9. The Balaban J connectivity index is 2.51. The molecule has 0 radical (unpaired) electrons. The summed E-state index contributed by atoms with van der Waals surface area (Å²) in [5.41, 5.74) is -1.34. The molecule has 0 aliphatic heterocycles. The van der Waals surface area contributed by atoms with Crippen LogP contribution >= 0.6 is 0 Å². The van der Waals surface area contributed by atoms with Crippen molar-refractivity contribution in [1.82, 2.24) is 5.32 Å². The summed E-state index contributed by atoms with van der Waals surface area (Å²) >= 11 is 0. The lowest BCUT2D eigenvalue weighted by molar-refractivity contribution is -0.00567. The summed E-state index contributed by atoms with van der Waals surface area (Å²) in [6, 6.07) is 9.34. The normalized spacial score (nSPS) is 18.4. The molecule has 1 aromatic carbocycles. The van der Waals surface area contributed by atoms with Gasteiger partial charge in [-0.05, 0) is 19.4 Å². The van der Waals surface area contributed by atoms with E-state index in [1.165, 1.54) is 6.92 Å². The number of rotatable bonds is 6. The third-order valence-corrected chi connectivity index (χ3v) is 2.71. The van der Waals surface area contributed by atoms with E-state index in [4.69, 9.17) is 5.11 Å². The lowest BCUT2D eigenvalue weighted by atomic mass is 9.96. The topological polar surface area (TPSA) is 72.7 Å². The van der Waals surface area contributed by atoms with E-state index in [0.29, 0.717) is 6.54 Å². The number of aliphatic hydroxyl groups is 3. The largest absolute Gasteiger partial charge is 0.393 e. The van der Waals surface area contributed by atoms with Crippen LogP contribution in [0.25, 0.3) is 0 Å². The minimum Gasteiger partial charge on any atom is -0.393 e. The monoisotopic (exact) mass is 239 g/mol. The van der Waals surface area contributed by atoms with Crippen LogP contribution in [0.15, 0.2) is 30.3 Å². The van der Waals surface area contributed by atoms with E-state index in [-0.39, 0.29) is 13.2 Å². The van der Waals surface area contributed by atoms with E-state index in [1.54, 1.807) is 6.92 Å². The van der Waals surface area contributed by atoms with Crippen LogP contribution < -0.4 is 5.32 Å². The van der Waals surface area contributed by atoms with Crippen LogP contribution in [-0.4, -0.2) is 40.6 Å². The van der Waals surface area contributed by atoms with Gasteiger partial charge in [0.1, 0.15) is 0 Å². The van der Waals surface area contributed by atoms with Crippen LogP contribution in [0, 0.1) is 0 Å². The molecule has 0 saturated heterocycles. The third-order valence-electron chi connectivity index (χ3n) is 2.71. The molecule has 17 heavy (non-hydrogen) atoms. The van der Waals surface area contributed by atoms with Gasteiger partial charge in [-0.15, -0.1) is 0 Å². The zero-order valence-electron chi connectivity index (χ0n) is 10.3. The molecule has 1 rings (SSSR count). The number of nitrogens with one attached hydrogen (secondary N) is 1. The quantitative estimate of drug-likeness (QED) is 0.573. The van der Waals surface area contributed by atoms with Gasteiger partial charge in [-0.25, -0.2) is 0 Å². The van der Waals surface area contributed by atoms with Crippen molar-refractivity contribution in [3.63, 3.8) is 0 Å². The Hall–Kier alpha value is -0.940. The molecule has 0 heterocycles. The highest BCUT2D eigenvalue weighted by Gasteiger charge is 2.24. The second kappa shape index (κ2) is 5.60. The van der Waals surface area contributed by atoms with E-state index >= 15 is 0 Å². The fourth-order valence-corrected chi connectivity index (χ4v) is 1.53. The zero-order valence-corrected chi connectivity index (χ0v) is 10.3. The van der Waals surface area contributed by atoms with Crippen molar-refractivity contribution in [2.75, 3.05) is 19.7 Å². The first-order valence-corrected chi connectivity index (χ1v) is 5.69. The van der Waals surface area contributed by atoms with Crippen molar-refractivity contribution in [3.8, 4) is 0 Å².